The van der Waals surface area contributed by atoms with E-state index in [0.717, 1.165) is 24.1 Å². The molecule has 0 aliphatic carbocycles. The van der Waals surface area contributed by atoms with Gasteiger partial charge < -0.3 is 15.0 Å². The normalized spacial score (nSPS) is 10.9. The van der Waals surface area contributed by atoms with Crippen molar-refractivity contribution >= 4 is 22.8 Å². The maximum atomic E-state index is 12.6. The maximum absolute atomic E-state index is 12.6. The number of anilines is 1. The van der Waals surface area contributed by atoms with Crippen molar-refractivity contribution in [1.82, 2.24) is 24.7 Å². The summed E-state index contributed by atoms with van der Waals surface area (Å²) in [6, 6.07) is 11.3. The van der Waals surface area contributed by atoms with Crippen molar-refractivity contribution in [1.29, 1.82) is 0 Å². The van der Waals surface area contributed by atoms with Gasteiger partial charge in [0.25, 0.3) is 5.91 Å². The fourth-order valence-corrected chi connectivity index (χ4v) is 2.88. The van der Waals surface area contributed by atoms with Gasteiger partial charge in [-0.25, -0.2) is 4.98 Å². The van der Waals surface area contributed by atoms with E-state index in [1.165, 1.54) is 0 Å². The second-order valence-electron chi connectivity index (χ2n) is 6.35. The van der Waals surface area contributed by atoms with Crippen molar-refractivity contribution in [2.75, 3.05) is 11.9 Å². The summed E-state index contributed by atoms with van der Waals surface area (Å²) in [5.41, 5.74) is 2.82. The predicted octanol–water partition coefficient (Wildman–Crippen LogP) is 2.96. The van der Waals surface area contributed by atoms with Crippen LogP contribution in [0.3, 0.4) is 0 Å². The van der Waals surface area contributed by atoms with Crippen LogP contribution >= 0.6 is 0 Å². The molecule has 0 unspecified atom stereocenters. The molecule has 0 spiro atoms. The highest BCUT2D eigenvalue weighted by Gasteiger charge is 2.15. The molecule has 0 saturated carbocycles. The minimum absolute atomic E-state index is 0.273. The summed E-state index contributed by atoms with van der Waals surface area (Å²) in [5, 5.41) is 6.93. The Balaban J connectivity index is 1.41. The Morgan fingerprint density at radius 2 is 2.18 bits per heavy atom. The summed E-state index contributed by atoms with van der Waals surface area (Å²) < 4.78 is 7.39. The van der Waals surface area contributed by atoms with Gasteiger partial charge in [0.05, 0.1) is 17.7 Å². The number of amides is 1. The number of H-pyrrole nitrogens is 1. The Kier molecular flexibility index (Phi) is 5.01. The fraction of sp³-hybridized carbons (Fsp3) is 0.200. The average molecular weight is 376 g/mol. The molecule has 28 heavy (non-hydrogen) atoms. The zero-order chi connectivity index (χ0) is 19.3. The molecule has 0 radical (unpaired) electrons. The van der Waals surface area contributed by atoms with E-state index in [4.69, 9.17) is 4.74 Å². The summed E-state index contributed by atoms with van der Waals surface area (Å²) in [5.74, 6) is 0.702. The number of carbonyl (C=O) groups excluding carboxylic acids is 1. The minimum atomic E-state index is -0.273. The number of aromatic amines is 1. The molecule has 4 aromatic heterocycles. The van der Waals surface area contributed by atoms with Gasteiger partial charge in [-0.3, -0.25) is 14.5 Å². The highest BCUT2D eigenvalue weighted by molar-refractivity contribution is 6.11. The van der Waals surface area contributed by atoms with Crippen molar-refractivity contribution in [2.45, 2.75) is 12.8 Å². The molecule has 4 rings (SSSR count). The van der Waals surface area contributed by atoms with Gasteiger partial charge in [0.1, 0.15) is 5.52 Å². The largest absolute Gasteiger partial charge is 0.478 e. The Hall–Kier alpha value is -3.68. The van der Waals surface area contributed by atoms with Crippen LogP contribution in [0.25, 0.3) is 11.0 Å². The van der Waals surface area contributed by atoms with Crippen LogP contribution in [0.4, 0.5) is 5.82 Å². The number of rotatable bonds is 7. The van der Waals surface area contributed by atoms with Crippen LogP contribution in [-0.4, -0.2) is 37.2 Å². The maximum Gasteiger partial charge on any atom is 0.260 e. The number of pyridine rings is 2. The van der Waals surface area contributed by atoms with Crippen LogP contribution in [-0.2, 0) is 13.5 Å². The van der Waals surface area contributed by atoms with Crippen molar-refractivity contribution in [2.24, 2.45) is 7.05 Å². The molecule has 1 amide bonds. The Bertz CT molecular complexity index is 1090. The monoisotopic (exact) mass is 376 g/mol. The molecule has 0 saturated heterocycles. The lowest BCUT2D eigenvalue weighted by Crippen LogP contribution is -2.12. The fourth-order valence-electron chi connectivity index (χ4n) is 2.88. The molecule has 8 nitrogen and oxygen atoms in total. The van der Waals surface area contributed by atoms with Crippen molar-refractivity contribution < 1.29 is 9.53 Å². The Morgan fingerprint density at radius 1 is 1.25 bits per heavy atom. The molecule has 0 atom stereocenters. The van der Waals surface area contributed by atoms with Gasteiger partial charge >= 0.3 is 0 Å². The number of carbonyl (C=O) groups is 1. The van der Waals surface area contributed by atoms with Gasteiger partial charge in [-0.05, 0) is 31.0 Å². The summed E-state index contributed by atoms with van der Waals surface area (Å²) in [6.07, 6.45) is 6.86. The third-order valence-corrected chi connectivity index (χ3v) is 4.25. The van der Waals surface area contributed by atoms with E-state index in [-0.39, 0.29) is 5.91 Å². The lowest BCUT2D eigenvalue weighted by molar-refractivity contribution is 0.102. The first-order valence-corrected chi connectivity index (χ1v) is 9.01. The van der Waals surface area contributed by atoms with Gasteiger partial charge in [-0.15, -0.1) is 0 Å². The molecule has 0 aromatic carbocycles. The van der Waals surface area contributed by atoms with E-state index in [1.54, 1.807) is 42.5 Å². The first-order valence-electron chi connectivity index (χ1n) is 9.01. The molecular weight excluding hydrogens is 356 g/mol. The molecule has 4 heterocycles. The van der Waals surface area contributed by atoms with E-state index in [1.807, 2.05) is 24.3 Å². The Morgan fingerprint density at radius 3 is 2.96 bits per heavy atom. The molecule has 0 aliphatic rings. The lowest BCUT2D eigenvalue weighted by Gasteiger charge is -2.06. The number of ether oxygens (including phenoxy) is 1. The van der Waals surface area contributed by atoms with E-state index in [9.17, 15) is 4.79 Å². The topological polar surface area (TPSA) is 97.7 Å². The highest BCUT2D eigenvalue weighted by Crippen LogP contribution is 2.21. The van der Waals surface area contributed by atoms with Crippen molar-refractivity contribution in [3.8, 4) is 5.88 Å². The number of fused-ring (bicyclic) bond motifs is 1. The standard InChI is InChI=1S/C20H20N6O2/c1-26-11-9-17(25-26)23-20(27)15-13-22-16-7-8-18(24-19(15)16)28-12-4-6-14-5-2-3-10-21-14/h2-3,5,7-11,13,22H,4,6,12H2,1H3,(H,23,25,27). The smallest absolute Gasteiger partial charge is 0.260 e. The van der Waals surface area contributed by atoms with E-state index < -0.39 is 0 Å². The molecule has 2 N–H and O–H groups in total. The highest BCUT2D eigenvalue weighted by atomic mass is 16.5. The predicted molar refractivity (Wildman–Crippen MR) is 105 cm³/mol. The number of hydrogen-bond acceptors (Lipinski definition) is 5. The Labute approximate surface area is 161 Å². The summed E-state index contributed by atoms with van der Waals surface area (Å²) in [7, 11) is 1.79. The lowest BCUT2D eigenvalue weighted by atomic mass is 10.2. The zero-order valence-electron chi connectivity index (χ0n) is 15.4. The molecule has 0 bridgehead atoms. The first kappa shape index (κ1) is 17.7. The van der Waals surface area contributed by atoms with Crippen LogP contribution in [0, 0.1) is 0 Å². The van der Waals surface area contributed by atoms with Crippen LogP contribution in [0.1, 0.15) is 22.5 Å². The van der Waals surface area contributed by atoms with Gasteiger partial charge in [0.2, 0.25) is 5.88 Å². The van der Waals surface area contributed by atoms with E-state index in [0.29, 0.717) is 29.4 Å². The summed E-state index contributed by atoms with van der Waals surface area (Å²) in [4.78, 5) is 24.4. The summed E-state index contributed by atoms with van der Waals surface area (Å²) in [6.45, 7) is 0.523. The third kappa shape index (κ3) is 4.01. The van der Waals surface area contributed by atoms with Crippen LogP contribution < -0.4 is 10.1 Å². The second kappa shape index (κ2) is 7.91. The van der Waals surface area contributed by atoms with Gasteiger partial charge in [0, 0.05) is 43.5 Å². The molecular formula is C20H20N6O2. The molecule has 8 heteroatoms. The summed E-state index contributed by atoms with van der Waals surface area (Å²) >= 11 is 0. The van der Waals surface area contributed by atoms with Crippen molar-refractivity contribution in [3.05, 3.63) is 66.2 Å². The van der Waals surface area contributed by atoms with Crippen molar-refractivity contribution in [3.63, 3.8) is 0 Å². The third-order valence-electron chi connectivity index (χ3n) is 4.25. The number of nitrogens with one attached hydrogen (secondary N) is 2. The average Bonchev–Trinajstić information content (AvgIpc) is 3.31. The van der Waals surface area contributed by atoms with Crippen LogP contribution in [0.5, 0.6) is 5.88 Å². The molecule has 4 aromatic rings. The first-order chi connectivity index (χ1) is 13.7. The minimum Gasteiger partial charge on any atom is -0.478 e. The zero-order valence-corrected chi connectivity index (χ0v) is 15.4. The van der Waals surface area contributed by atoms with Gasteiger partial charge in [0.15, 0.2) is 5.82 Å². The SMILES string of the molecule is Cn1ccc(NC(=O)c2c[nH]c3ccc(OCCCc4ccccn4)nc23)n1. The van der Waals surface area contributed by atoms with E-state index >= 15 is 0 Å². The number of aryl methyl sites for hydroxylation is 2. The molecule has 142 valence electrons. The van der Waals surface area contributed by atoms with Gasteiger partial charge in [-0.2, -0.15) is 5.10 Å². The number of aromatic nitrogens is 5. The number of nitrogens with zero attached hydrogens (tertiary/aromatic N) is 4. The number of hydrogen-bond donors (Lipinski definition) is 2. The quantitative estimate of drug-likeness (QED) is 0.483. The molecule has 0 aliphatic heterocycles. The van der Waals surface area contributed by atoms with Crippen LogP contribution in [0.2, 0.25) is 0 Å². The second-order valence-corrected chi connectivity index (χ2v) is 6.35. The van der Waals surface area contributed by atoms with Crippen LogP contribution in [0.15, 0.2) is 55.0 Å². The molecule has 0 fully saturated rings. The van der Waals surface area contributed by atoms with Gasteiger partial charge in [-0.1, -0.05) is 6.07 Å². The van der Waals surface area contributed by atoms with E-state index in [2.05, 4.69) is 25.4 Å².